The third kappa shape index (κ3) is 4.49. The minimum absolute atomic E-state index is 0.152. The van der Waals surface area contributed by atoms with Crippen LogP contribution < -0.4 is 10.1 Å². The van der Waals surface area contributed by atoms with Gasteiger partial charge in [-0.15, -0.1) is 0 Å². The average Bonchev–Trinajstić information content (AvgIpc) is 2.58. The summed E-state index contributed by atoms with van der Waals surface area (Å²) in [5, 5.41) is 3.04. The number of rotatable bonds is 5. The summed E-state index contributed by atoms with van der Waals surface area (Å²) < 4.78 is 10.4. The summed E-state index contributed by atoms with van der Waals surface area (Å²) in [6.07, 6.45) is 2.48. The smallest absolute Gasteiger partial charge is 0.339 e. The Morgan fingerprint density at radius 3 is 2.71 bits per heavy atom. The Morgan fingerprint density at radius 2 is 2.00 bits per heavy atom. The highest BCUT2D eigenvalue weighted by Gasteiger charge is 2.30. The summed E-state index contributed by atoms with van der Waals surface area (Å²) in [5.74, 6) is 0.841. The van der Waals surface area contributed by atoms with Crippen molar-refractivity contribution in [3.8, 4) is 5.75 Å². The molecule has 0 saturated heterocycles. The first-order valence-electron chi connectivity index (χ1n) is 8.57. The fourth-order valence-corrected chi connectivity index (χ4v) is 3.12. The summed E-state index contributed by atoms with van der Waals surface area (Å²) >= 11 is 0. The van der Waals surface area contributed by atoms with Crippen molar-refractivity contribution >= 4 is 11.9 Å². The average molecular weight is 333 g/mol. The Bertz CT molecular complexity index is 586. The van der Waals surface area contributed by atoms with E-state index in [2.05, 4.69) is 19.2 Å². The van der Waals surface area contributed by atoms with Gasteiger partial charge in [-0.1, -0.05) is 32.8 Å². The highest BCUT2D eigenvalue weighted by molar-refractivity contribution is 5.92. The third-order valence-electron chi connectivity index (χ3n) is 4.99. The van der Waals surface area contributed by atoms with Gasteiger partial charge in [0.1, 0.15) is 5.75 Å². The van der Waals surface area contributed by atoms with Crippen molar-refractivity contribution in [2.45, 2.75) is 52.2 Å². The topological polar surface area (TPSA) is 64.6 Å². The van der Waals surface area contributed by atoms with Gasteiger partial charge in [-0.05, 0) is 43.4 Å². The first-order chi connectivity index (χ1) is 11.4. The van der Waals surface area contributed by atoms with E-state index >= 15 is 0 Å². The van der Waals surface area contributed by atoms with Crippen LogP contribution in [0.3, 0.4) is 0 Å². The van der Waals surface area contributed by atoms with Gasteiger partial charge in [-0.25, -0.2) is 4.79 Å². The molecule has 1 fully saturated rings. The molecule has 0 aliphatic heterocycles. The predicted octanol–water partition coefficient (Wildman–Crippen LogP) is 3.18. The molecule has 1 saturated carbocycles. The summed E-state index contributed by atoms with van der Waals surface area (Å²) in [7, 11) is 1.53. The molecular weight excluding hydrogens is 306 g/mol. The first kappa shape index (κ1) is 18.3. The lowest BCUT2D eigenvalue weighted by Gasteiger charge is -2.35. The zero-order chi connectivity index (χ0) is 17.7. The van der Waals surface area contributed by atoms with Crippen LogP contribution >= 0.6 is 0 Å². The van der Waals surface area contributed by atoms with Crippen molar-refractivity contribution in [3.05, 3.63) is 29.8 Å². The molecule has 5 nitrogen and oxygen atoms in total. The lowest BCUT2D eigenvalue weighted by Crippen LogP contribution is -2.47. The molecule has 1 aromatic rings. The number of nitrogens with one attached hydrogen (secondary N) is 1. The lowest BCUT2D eigenvalue weighted by molar-refractivity contribution is -0.130. The van der Waals surface area contributed by atoms with Crippen molar-refractivity contribution in [1.29, 1.82) is 0 Å². The summed E-state index contributed by atoms with van der Waals surface area (Å²) in [5.41, 5.74) is 0.369. The molecule has 0 aromatic heterocycles. The van der Waals surface area contributed by atoms with Gasteiger partial charge in [0.15, 0.2) is 6.10 Å². The predicted molar refractivity (Wildman–Crippen MR) is 92.0 cm³/mol. The number of esters is 1. The van der Waals surface area contributed by atoms with Gasteiger partial charge in [0, 0.05) is 6.04 Å². The van der Waals surface area contributed by atoms with E-state index in [9.17, 15) is 9.59 Å². The van der Waals surface area contributed by atoms with Gasteiger partial charge in [-0.3, -0.25) is 4.79 Å². The molecular formula is C19H27NO4. The molecule has 5 heteroatoms. The van der Waals surface area contributed by atoms with Crippen LogP contribution in [-0.4, -0.2) is 31.1 Å². The van der Waals surface area contributed by atoms with Crippen LogP contribution in [0.2, 0.25) is 0 Å². The van der Waals surface area contributed by atoms with E-state index in [0.717, 1.165) is 12.8 Å². The molecule has 1 aliphatic rings. The Morgan fingerprint density at radius 1 is 1.25 bits per heavy atom. The molecule has 0 bridgehead atoms. The largest absolute Gasteiger partial charge is 0.497 e. The molecule has 24 heavy (non-hydrogen) atoms. The summed E-state index contributed by atoms with van der Waals surface area (Å²) in [6.45, 7) is 5.99. The maximum absolute atomic E-state index is 12.3. The molecule has 1 aromatic carbocycles. The van der Waals surface area contributed by atoms with E-state index < -0.39 is 12.1 Å². The van der Waals surface area contributed by atoms with Gasteiger partial charge in [-0.2, -0.15) is 0 Å². The van der Waals surface area contributed by atoms with Gasteiger partial charge >= 0.3 is 5.97 Å². The van der Waals surface area contributed by atoms with Crippen molar-refractivity contribution in [2.75, 3.05) is 7.11 Å². The number of hydrogen-bond donors (Lipinski definition) is 1. The van der Waals surface area contributed by atoms with E-state index in [1.165, 1.54) is 13.5 Å². The fraction of sp³-hybridized carbons (Fsp3) is 0.579. The molecule has 0 radical (unpaired) electrons. The SMILES string of the molecule is COc1cccc(C(=O)O[C@H](C)C(=O)N[C@@H]2CCC[C@H](C)[C@H]2C)c1. The fourth-order valence-electron chi connectivity index (χ4n) is 3.12. The number of methoxy groups -OCH3 is 1. The minimum atomic E-state index is -0.826. The zero-order valence-electron chi connectivity index (χ0n) is 14.9. The quantitative estimate of drug-likeness (QED) is 0.841. The summed E-state index contributed by atoms with van der Waals surface area (Å²) in [6, 6.07) is 6.85. The molecule has 0 unspecified atom stereocenters. The van der Waals surface area contributed by atoms with Crippen molar-refractivity contribution in [3.63, 3.8) is 0 Å². The van der Waals surface area contributed by atoms with E-state index in [1.807, 2.05) is 0 Å². The Balaban J connectivity index is 1.92. The second-order valence-corrected chi connectivity index (χ2v) is 6.66. The highest BCUT2D eigenvalue weighted by atomic mass is 16.5. The van der Waals surface area contributed by atoms with E-state index in [0.29, 0.717) is 23.1 Å². The van der Waals surface area contributed by atoms with Crippen LogP contribution in [0.5, 0.6) is 5.75 Å². The van der Waals surface area contributed by atoms with Gasteiger partial charge < -0.3 is 14.8 Å². The van der Waals surface area contributed by atoms with Gasteiger partial charge in [0.25, 0.3) is 5.91 Å². The standard InChI is InChI=1S/C19H27NO4/c1-12-7-5-10-17(13(12)2)20-18(21)14(3)24-19(22)15-8-6-9-16(11-15)23-4/h6,8-9,11-14,17H,5,7,10H2,1-4H3,(H,20,21)/t12-,13+,14+,17+/m0/s1. The molecule has 4 atom stereocenters. The number of carbonyl (C=O) groups excluding carboxylic acids is 2. The van der Waals surface area contributed by atoms with E-state index in [-0.39, 0.29) is 11.9 Å². The number of carbonyl (C=O) groups is 2. The Labute approximate surface area is 143 Å². The van der Waals surface area contributed by atoms with Gasteiger partial charge in [0.2, 0.25) is 0 Å². The lowest BCUT2D eigenvalue weighted by atomic mass is 9.78. The second kappa shape index (κ2) is 8.18. The van der Waals surface area contributed by atoms with Crippen molar-refractivity contribution < 1.29 is 19.1 Å². The molecule has 132 valence electrons. The Hall–Kier alpha value is -2.04. The number of benzene rings is 1. The molecule has 0 heterocycles. The molecule has 1 N–H and O–H groups in total. The highest BCUT2D eigenvalue weighted by Crippen LogP contribution is 2.29. The van der Waals surface area contributed by atoms with Crippen LogP contribution in [0.1, 0.15) is 50.4 Å². The maximum atomic E-state index is 12.3. The van der Waals surface area contributed by atoms with E-state index in [1.54, 1.807) is 31.2 Å². The van der Waals surface area contributed by atoms with Crippen LogP contribution in [-0.2, 0) is 9.53 Å². The summed E-state index contributed by atoms with van der Waals surface area (Å²) in [4.78, 5) is 24.5. The first-order valence-corrected chi connectivity index (χ1v) is 8.57. The van der Waals surface area contributed by atoms with Crippen molar-refractivity contribution in [1.82, 2.24) is 5.32 Å². The monoisotopic (exact) mass is 333 g/mol. The van der Waals surface area contributed by atoms with Crippen LogP contribution in [0.15, 0.2) is 24.3 Å². The molecule has 1 amide bonds. The minimum Gasteiger partial charge on any atom is -0.497 e. The number of ether oxygens (including phenoxy) is 2. The maximum Gasteiger partial charge on any atom is 0.339 e. The number of hydrogen-bond acceptors (Lipinski definition) is 4. The van der Waals surface area contributed by atoms with Crippen LogP contribution in [0.25, 0.3) is 0 Å². The molecule has 1 aliphatic carbocycles. The molecule has 2 rings (SSSR count). The normalized spacial score (nSPS) is 24.8. The van der Waals surface area contributed by atoms with E-state index in [4.69, 9.17) is 9.47 Å². The van der Waals surface area contributed by atoms with Crippen LogP contribution in [0.4, 0.5) is 0 Å². The van der Waals surface area contributed by atoms with Gasteiger partial charge in [0.05, 0.1) is 12.7 Å². The third-order valence-corrected chi connectivity index (χ3v) is 4.99. The molecule has 0 spiro atoms. The van der Waals surface area contributed by atoms with Crippen LogP contribution in [0, 0.1) is 11.8 Å². The number of amides is 1. The zero-order valence-corrected chi connectivity index (χ0v) is 14.9. The Kier molecular flexibility index (Phi) is 6.23. The van der Waals surface area contributed by atoms with Crippen molar-refractivity contribution in [2.24, 2.45) is 11.8 Å². The second-order valence-electron chi connectivity index (χ2n) is 6.66.